The minimum absolute atomic E-state index is 0.274. The lowest BCUT2D eigenvalue weighted by molar-refractivity contribution is 0.174. The molecular weight excluding hydrogens is 364 g/mol. The maximum atomic E-state index is 6.34. The van der Waals surface area contributed by atoms with Gasteiger partial charge in [-0.1, -0.05) is 35.9 Å². The summed E-state index contributed by atoms with van der Waals surface area (Å²) < 4.78 is 12.6. The van der Waals surface area contributed by atoms with Gasteiger partial charge < -0.3 is 14.8 Å². The zero-order chi connectivity index (χ0) is 18.2. The maximum absolute atomic E-state index is 6.34. The molecular formula is C20H15ClN4O2. The molecule has 0 radical (unpaired) electrons. The van der Waals surface area contributed by atoms with Crippen molar-refractivity contribution in [1.82, 2.24) is 14.6 Å². The van der Waals surface area contributed by atoms with Crippen molar-refractivity contribution >= 4 is 23.1 Å². The van der Waals surface area contributed by atoms with Crippen LogP contribution in [0.3, 0.4) is 0 Å². The molecule has 0 saturated heterocycles. The lowest BCUT2D eigenvalue weighted by atomic mass is 10.2. The third-order valence-electron chi connectivity index (χ3n) is 4.42. The largest absolute Gasteiger partial charge is 0.454 e. The van der Waals surface area contributed by atoms with Gasteiger partial charge in [0.1, 0.15) is 5.82 Å². The van der Waals surface area contributed by atoms with Crippen molar-refractivity contribution in [2.24, 2.45) is 0 Å². The van der Waals surface area contributed by atoms with Crippen molar-refractivity contribution in [2.45, 2.75) is 6.54 Å². The van der Waals surface area contributed by atoms with Crippen molar-refractivity contribution in [3.05, 3.63) is 71.4 Å². The first kappa shape index (κ1) is 16.0. The number of benzene rings is 2. The van der Waals surface area contributed by atoms with E-state index in [0.29, 0.717) is 11.6 Å². The number of nitrogens with one attached hydrogen (secondary N) is 1. The molecule has 3 heterocycles. The summed E-state index contributed by atoms with van der Waals surface area (Å²) in [7, 11) is 0. The Hall–Kier alpha value is -3.25. The molecule has 6 nitrogen and oxygen atoms in total. The Bertz CT molecular complexity index is 1140. The van der Waals surface area contributed by atoms with E-state index in [1.165, 1.54) is 0 Å². The highest BCUT2D eigenvalue weighted by atomic mass is 35.5. The van der Waals surface area contributed by atoms with Crippen LogP contribution in [0.5, 0.6) is 11.5 Å². The number of anilines is 1. The van der Waals surface area contributed by atoms with E-state index >= 15 is 0 Å². The maximum Gasteiger partial charge on any atom is 0.231 e. The average Bonchev–Trinajstić information content (AvgIpc) is 3.33. The average molecular weight is 379 g/mol. The molecule has 7 heteroatoms. The number of hydrogen-bond acceptors (Lipinski definition) is 5. The molecule has 134 valence electrons. The molecule has 2 aromatic heterocycles. The Kier molecular flexibility index (Phi) is 3.83. The second-order valence-electron chi connectivity index (χ2n) is 6.15. The van der Waals surface area contributed by atoms with Crippen LogP contribution in [-0.2, 0) is 6.54 Å². The van der Waals surface area contributed by atoms with Crippen LogP contribution in [0.15, 0.2) is 60.8 Å². The summed E-state index contributed by atoms with van der Waals surface area (Å²) in [6, 6.07) is 17.4. The number of fused-ring (bicyclic) bond motifs is 2. The van der Waals surface area contributed by atoms with Crippen LogP contribution in [0.1, 0.15) is 5.56 Å². The molecule has 0 unspecified atom stereocenters. The molecule has 0 amide bonds. The number of imidazole rings is 1. The topological polar surface area (TPSA) is 60.7 Å². The summed E-state index contributed by atoms with van der Waals surface area (Å²) in [5.74, 6) is 2.29. The second-order valence-corrected chi connectivity index (χ2v) is 6.56. The van der Waals surface area contributed by atoms with Crippen LogP contribution >= 0.6 is 11.6 Å². The standard InChI is InChI=1S/C20H15ClN4O2/c21-15-4-2-1-3-14(15)16-11-23-20-8-7-19(24-25(16)20)22-10-13-5-6-17-18(9-13)27-12-26-17/h1-9,11H,10,12H2,(H,22,24). The quantitative estimate of drug-likeness (QED) is 0.570. The predicted molar refractivity (Wildman–Crippen MR) is 103 cm³/mol. The summed E-state index contributed by atoms with van der Waals surface area (Å²) >= 11 is 6.34. The Morgan fingerprint density at radius 2 is 1.93 bits per heavy atom. The molecule has 0 fully saturated rings. The highest BCUT2D eigenvalue weighted by molar-refractivity contribution is 6.33. The minimum Gasteiger partial charge on any atom is -0.454 e. The predicted octanol–water partition coefficient (Wildman–Crippen LogP) is 4.39. The molecule has 27 heavy (non-hydrogen) atoms. The van der Waals surface area contributed by atoms with Crippen LogP contribution in [-0.4, -0.2) is 21.4 Å². The van der Waals surface area contributed by atoms with E-state index in [4.69, 9.17) is 21.1 Å². The van der Waals surface area contributed by atoms with Gasteiger partial charge in [0.25, 0.3) is 0 Å². The fourth-order valence-electron chi connectivity index (χ4n) is 3.06. The monoisotopic (exact) mass is 378 g/mol. The highest BCUT2D eigenvalue weighted by Gasteiger charge is 2.14. The molecule has 2 aromatic carbocycles. The summed E-state index contributed by atoms with van der Waals surface area (Å²) in [4.78, 5) is 4.42. The number of ether oxygens (including phenoxy) is 2. The van der Waals surface area contributed by atoms with Gasteiger partial charge >= 0.3 is 0 Å². The number of hydrogen-bond donors (Lipinski definition) is 1. The molecule has 0 saturated carbocycles. The number of halogens is 1. The van der Waals surface area contributed by atoms with Gasteiger partial charge in [-0.3, -0.25) is 0 Å². The van der Waals surface area contributed by atoms with Crippen molar-refractivity contribution in [3.8, 4) is 22.8 Å². The lowest BCUT2D eigenvalue weighted by Crippen LogP contribution is -2.04. The Labute approximate surface area is 160 Å². The first-order valence-corrected chi connectivity index (χ1v) is 8.88. The first-order valence-electron chi connectivity index (χ1n) is 8.50. The van der Waals surface area contributed by atoms with Crippen molar-refractivity contribution in [2.75, 3.05) is 12.1 Å². The van der Waals surface area contributed by atoms with Crippen molar-refractivity contribution in [3.63, 3.8) is 0 Å². The zero-order valence-corrected chi connectivity index (χ0v) is 15.0. The van der Waals surface area contributed by atoms with Gasteiger partial charge in [-0.05, 0) is 35.9 Å². The lowest BCUT2D eigenvalue weighted by Gasteiger charge is -2.08. The van der Waals surface area contributed by atoms with E-state index in [0.717, 1.165) is 39.8 Å². The van der Waals surface area contributed by atoms with E-state index in [1.54, 1.807) is 10.7 Å². The SMILES string of the molecule is Clc1ccccc1-c1cnc2ccc(NCc3ccc4c(c3)OCO4)nn12. The van der Waals surface area contributed by atoms with Crippen LogP contribution < -0.4 is 14.8 Å². The second kappa shape index (κ2) is 6.48. The van der Waals surface area contributed by atoms with Gasteiger partial charge in [0.2, 0.25) is 6.79 Å². The third-order valence-corrected chi connectivity index (χ3v) is 4.75. The van der Waals surface area contributed by atoms with Crippen LogP contribution in [0.25, 0.3) is 16.9 Å². The smallest absolute Gasteiger partial charge is 0.231 e. The fourth-order valence-corrected chi connectivity index (χ4v) is 3.30. The molecule has 1 aliphatic heterocycles. The zero-order valence-electron chi connectivity index (χ0n) is 14.2. The molecule has 5 rings (SSSR count). The molecule has 0 aliphatic carbocycles. The highest BCUT2D eigenvalue weighted by Crippen LogP contribution is 2.32. The summed E-state index contributed by atoms with van der Waals surface area (Å²) in [6.45, 7) is 0.890. The molecule has 4 aromatic rings. The van der Waals surface area contributed by atoms with E-state index in [1.807, 2.05) is 54.6 Å². The summed E-state index contributed by atoms with van der Waals surface area (Å²) in [6.07, 6.45) is 1.78. The van der Waals surface area contributed by atoms with E-state index in [2.05, 4.69) is 15.4 Å². The van der Waals surface area contributed by atoms with Gasteiger partial charge in [-0.15, -0.1) is 5.10 Å². The molecule has 1 N–H and O–H groups in total. The number of rotatable bonds is 4. The Morgan fingerprint density at radius 3 is 2.85 bits per heavy atom. The molecule has 0 bridgehead atoms. The van der Waals surface area contributed by atoms with Crippen molar-refractivity contribution < 1.29 is 9.47 Å². The minimum atomic E-state index is 0.274. The van der Waals surface area contributed by atoms with Gasteiger partial charge in [-0.25, -0.2) is 9.50 Å². The normalized spacial score (nSPS) is 12.5. The van der Waals surface area contributed by atoms with Crippen LogP contribution in [0.2, 0.25) is 5.02 Å². The van der Waals surface area contributed by atoms with E-state index in [9.17, 15) is 0 Å². The van der Waals surface area contributed by atoms with E-state index in [-0.39, 0.29) is 6.79 Å². The van der Waals surface area contributed by atoms with Crippen LogP contribution in [0, 0.1) is 0 Å². The van der Waals surface area contributed by atoms with Gasteiger partial charge in [0.05, 0.1) is 16.9 Å². The Morgan fingerprint density at radius 1 is 1.04 bits per heavy atom. The Balaban J connectivity index is 1.43. The van der Waals surface area contributed by atoms with Gasteiger partial charge in [0.15, 0.2) is 17.1 Å². The van der Waals surface area contributed by atoms with Gasteiger partial charge in [-0.2, -0.15) is 0 Å². The summed E-state index contributed by atoms with van der Waals surface area (Å²) in [5.41, 5.74) is 3.59. The molecule has 0 atom stereocenters. The van der Waals surface area contributed by atoms with Crippen LogP contribution in [0.4, 0.5) is 5.82 Å². The number of aromatic nitrogens is 3. The fraction of sp³-hybridized carbons (Fsp3) is 0.100. The van der Waals surface area contributed by atoms with E-state index < -0.39 is 0 Å². The van der Waals surface area contributed by atoms with Crippen molar-refractivity contribution in [1.29, 1.82) is 0 Å². The third kappa shape index (κ3) is 2.94. The first-order chi connectivity index (χ1) is 13.3. The van der Waals surface area contributed by atoms with Gasteiger partial charge in [0, 0.05) is 12.1 Å². The number of nitrogens with zero attached hydrogens (tertiary/aromatic N) is 3. The molecule has 1 aliphatic rings. The molecule has 0 spiro atoms. The summed E-state index contributed by atoms with van der Waals surface area (Å²) in [5, 5.41) is 8.67.